The van der Waals surface area contributed by atoms with Gasteiger partial charge in [-0.25, -0.2) is 0 Å². The Hall–Kier alpha value is -1.57. The van der Waals surface area contributed by atoms with Gasteiger partial charge in [-0.2, -0.15) is 0 Å². The first-order chi connectivity index (χ1) is 13.8. The molecule has 1 amide bonds. The lowest BCUT2D eigenvalue weighted by atomic mass is 9.46. The van der Waals surface area contributed by atoms with E-state index in [9.17, 15) is 4.79 Å². The maximum atomic E-state index is 13.5. The Kier molecular flexibility index (Phi) is 5.66. The number of hydrogen-bond donors (Lipinski definition) is 1. The molecule has 3 aliphatic carbocycles. The largest absolute Gasteiger partial charge is 0.352 e. The lowest BCUT2D eigenvalue weighted by Crippen LogP contribution is -2.55. The highest BCUT2D eigenvalue weighted by Crippen LogP contribution is 2.62. The minimum absolute atomic E-state index is 0.251. The van der Waals surface area contributed by atoms with Gasteiger partial charge in [0.05, 0.1) is 5.41 Å². The molecule has 0 aromatic heterocycles. The first-order valence-corrected chi connectivity index (χ1v) is 11.9. The number of allylic oxidation sites excluding steroid dienone is 2. The van der Waals surface area contributed by atoms with Crippen LogP contribution in [-0.4, -0.2) is 5.91 Å². The van der Waals surface area contributed by atoms with Gasteiger partial charge in [-0.1, -0.05) is 76.1 Å². The van der Waals surface area contributed by atoms with Crippen molar-refractivity contribution in [2.45, 2.75) is 79.2 Å². The smallest absolute Gasteiger partial charge is 0.226 e. The average molecular weight is 394 g/mol. The number of carbonyl (C=O) groups excluding carboxylic acids is 1. The van der Waals surface area contributed by atoms with Crippen molar-refractivity contribution in [2.75, 3.05) is 0 Å². The van der Waals surface area contributed by atoms with Crippen molar-refractivity contribution in [2.24, 2.45) is 34.5 Å². The second-order valence-corrected chi connectivity index (χ2v) is 10.9. The van der Waals surface area contributed by atoms with Crippen molar-refractivity contribution in [1.29, 1.82) is 0 Å². The van der Waals surface area contributed by atoms with Gasteiger partial charge in [0, 0.05) is 6.54 Å². The van der Waals surface area contributed by atoms with Crippen LogP contribution >= 0.6 is 0 Å². The lowest BCUT2D eigenvalue weighted by Gasteiger charge is -2.58. The summed E-state index contributed by atoms with van der Waals surface area (Å²) in [4.78, 5) is 13.5. The first-order valence-electron chi connectivity index (χ1n) is 11.9. The van der Waals surface area contributed by atoms with Crippen LogP contribution in [0.4, 0.5) is 0 Å². The third kappa shape index (κ3) is 3.68. The van der Waals surface area contributed by atoms with Gasteiger partial charge in [-0.05, 0) is 73.2 Å². The van der Waals surface area contributed by atoms with Gasteiger partial charge in [0.15, 0.2) is 0 Å². The number of rotatable bonds is 4. The van der Waals surface area contributed by atoms with Crippen molar-refractivity contribution in [3.63, 3.8) is 0 Å². The van der Waals surface area contributed by atoms with Crippen LogP contribution in [0.2, 0.25) is 0 Å². The Morgan fingerprint density at radius 2 is 1.90 bits per heavy atom. The molecule has 2 nitrogen and oxygen atoms in total. The Labute approximate surface area is 177 Å². The molecular weight excluding hydrogens is 354 g/mol. The van der Waals surface area contributed by atoms with Gasteiger partial charge in [0.2, 0.25) is 5.91 Å². The molecule has 2 heteroatoms. The predicted molar refractivity (Wildman–Crippen MR) is 120 cm³/mol. The second-order valence-electron chi connectivity index (χ2n) is 10.9. The summed E-state index contributed by atoms with van der Waals surface area (Å²) in [5.41, 5.74) is 2.94. The second kappa shape index (κ2) is 7.93. The van der Waals surface area contributed by atoms with Gasteiger partial charge in [-0.3, -0.25) is 4.79 Å². The van der Waals surface area contributed by atoms with Gasteiger partial charge in [0.1, 0.15) is 0 Å². The molecule has 158 valence electrons. The van der Waals surface area contributed by atoms with Crippen LogP contribution in [0.15, 0.2) is 42.0 Å². The Bertz CT molecular complexity index is 766. The molecule has 0 radical (unpaired) electrons. The maximum absolute atomic E-state index is 13.5. The first kappa shape index (κ1) is 20.7. The van der Waals surface area contributed by atoms with E-state index in [-0.39, 0.29) is 16.7 Å². The van der Waals surface area contributed by atoms with Gasteiger partial charge in [-0.15, -0.1) is 0 Å². The normalized spacial score (nSPS) is 36.7. The number of nitrogens with one attached hydrogen (secondary N) is 1. The molecule has 3 aliphatic rings. The fourth-order valence-corrected chi connectivity index (χ4v) is 7.04. The van der Waals surface area contributed by atoms with E-state index in [0.717, 1.165) is 24.7 Å². The number of benzene rings is 1. The molecule has 1 N–H and O–H groups in total. The van der Waals surface area contributed by atoms with Crippen LogP contribution in [-0.2, 0) is 11.3 Å². The molecule has 0 heterocycles. The van der Waals surface area contributed by atoms with Crippen molar-refractivity contribution in [1.82, 2.24) is 5.32 Å². The Morgan fingerprint density at radius 1 is 1.14 bits per heavy atom. The van der Waals surface area contributed by atoms with Crippen molar-refractivity contribution in [3.8, 4) is 0 Å². The Morgan fingerprint density at radius 3 is 2.62 bits per heavy atom. The number of amides is 1. The minimum atomic E-state index is -0.251. The number of hydrogen-bond acceptors (Lipinski definition) is 1. The molecule has 0 spiro atoms. The number of carbonyl (C=O) groups is 1. The monoisotopic (exact) mass is 393 g/mol. The molecule has 2 saturated carbocycles. The molecule has 2 fully saturated rings. The van der Waals surface area contributed by atoms with Crippen LogP contribution in [0.25, 0.3) is 0 Å². The van der Waals surface area contributed by atoms with Gasteiger partial charge < -0.3 is 5.32 Å². The van der Waals surface area contributed by atoms with Crippen LogP contribution < -0.4 is 5.32 Å². The lowest BCUT2D eigenvalue weighted by molar-refractivity contribution is -0.145. The zero-order valence-corrected chi connectivity index (χ0v) is 18.8. The highest BCUT2D eigenvalue weighted by molar-refractivity contribution is 5.83. The summed E-state index contributed by atoms with van der Waals surface area (Å²) in [5.74, 6) is 3.05. The van der Waals surface area contributed by atoms with Crippen molar-refractivity contribution < 1.29 is 4.79 Å². The van der Waals surface area contributed by atoms with Gasteiger partial charge in [0.25, 0.3) is 0 Å². The summed E-state index contributed by atoms with van der Waals surface area (Å²) >= 11 is 0. The predicted octanol–water partition coefficient (Wildman–Crippen LogP) is 6.52. The zero-order chi connectivity index (χ0) is 20.6. The molecule has 5 atom stereocenters. The SMILES string of the molecule is CC(C)C1CC[C@H]2C(=CCC3[C@](C)(C(=O)NCc4ccccc4)CCC[C@@]32C)C1. The minimum Gasteiger partial charge on any atom is -0.352 e. The van der Waals surface area contributed by atoms with Crippen molar-refractivity contribution >= 4 is 5.91 Å². The molecule has 1 aromatic rings. The van der Waals surface area contributed by atoms with E-state index in [0.29, 0.717) is 18.4 Å². The van der Waals surface area contributed by atoms with E-state index in [1.165, 1.54) is 37.7 Å². The van der Waals surface area contributed by atoms with E-state index >= 15 is 0 Å². The van der Waals surface area contributed by atoms with E-state index in [1.54, 1.807) is 5.57 Å². The van der Waals surface area contributed by atoms with E-state index in [1.807, 2.05) is 18.2 Å². The van der Waals surface area contributed by atoms with E-state index in [2.05, 4.69) is 51.2 Å². The third-order valence-corrected chi connectivity index (χ3v) is 8.92. The molecule has 0 bridgehead atoms. The van der Waals surface area contributed by atoms with E-state index in [4.69, 9.17) is 0 Å². The number of fused-ring (bicyclic) bond motifs is 3. The standard InChI is InChI=1S/C27H39NO/c1-19(2)21-11-13-23-22(17-21)12-14-24-26(23,3)15-8-16-27(24,4)25(29)28-18-20-9-6-5-7-10-20/h5-7,9-10,12,19,21,23-24H,8,11,13-18H2,1-4H3,(H,28,29)/t21?,23-,24?,26+,27+/m0/s1. The molecule has 0 saturated heterocycles. The Balaban J connectivity index is 1.53. The molecule has 29 heavy (non-hydrogen) atoms. The average Bonchev–Trinajstić information content (AvgIpc) is 2.72. The summed E-state index contributed by atoms with van der Waals surface area (Å²) in [6.45, 7) is 10.2. The van der Waals surface area contributed by atoms with Crippen LogP contribution in [0.5, 0.6) is 0 Å². The fourth-order valence-electron chi connectivity index (χ4n) is 7.04. The molecule has 4 rings (SSSR count). The molecule has 0 aliphatic heterocycles. The van der Waals surface area contributed by atoms with Crippen LogP contribution in [0, 0.1) is 34.5 Å². The summed E-state index contributed by atoms with van der Waals surface area (Å²) in [5, 5.41) is 3.29. The summed E-state index contributed by atoms with van der Waals surface area (Å²) in [6, 6.07) is 10.3. The highest BCUT2D eigenvalue weighted by atomic mass is 16.2. The van der Waals surface area contributed by atoms with Crippen molar-refractivity contribution in [3.05, 3.63) is 47.5 Å². The fraction of sp³-hybridized carbons (Fsp3) is 0.667. The topological polar surface area (TPSA) is 29.1 Å². The summed E-state index contributed by atoms with van der Waals surface area (Å²) < 4.78 is 0. The summed E-state index contributed by atoms with van der Waals surface area (Å²) in [6.07, 6.45) is 11.1. The van der Waals surface area contributed by atoms with Gasteiger partial charge >= 0.3 is 0 Å². The van der Waals surface area contributed by atoms with E-state index < -0.39 is 0 Å². The molecular formula is C27H39NO. The van der Waals surface area contributed by atoms with Crippen LogP contribution in [0.3, 0.4) is 0 Å². The molecule has 2 unspecified atom stereocenters. The zero-order valence-electron chi connectivity index (χ0n) is 18.8. The maximum Gasteiger partial charge on any atom is 0.226 e. The third-order valence-electron chi connectivity index (χ3n) is 8.92. The quantitative estimate of drug-likeness (QED) is 0.580. The summed E-state index contributed by atoms with van der Waals surface area (Å²) in [7, 11) is 0. The highest BCUT2D eigenvalue weighted by Gasteiger charge is 2.57. The molecule has 1 aromatic carbocycles. The van der Waals surface area contributed by atoms with Crippen LogP contribution in [0.1, 0.15) is 78.2 Å².